The van der Waals surface area contributed by atoms with Crippen molar-refractivity contribution >= 4 is 29.1 Å². The van der Waals surface area contributed by atoms with Crippen molar-refractivity contribution in [3.8, 4) is 5.75 Å². The van der Waals surface area contributed by atoms with Gasteiger partial charge >= 0.3 is 0 Å². The number of rotatable bonds is 4. The third kappa shape index (κ3) is 3.62. The van der Waals surface area contributed by atoms with E-state index >= 15 is 0 Å². The summed E-state index contributed by atoms with van der Waals surface area (Å²) < 4.78 is 5.66. The summed E-state index contributed by atoms with van der Waals surface area (Å²) in [4.78, 5) is 12.4. The zero-order chi connectivity index (χ0) is 16.4. The number of benzene rings is 2. The Kier molecular flexibility index (Phi) is 4.79. The number of carbonyl (C=O) groups is 1. The number of aryl methyl sites for hydroxylation is 1. The van der Waals surface area contributed by atoms with Crippen LogP contribution in [0.4, 0.5) is 0 Å². The van der Waals surface area contributed by atoms with Crippen LogP contribution in [0, 0.1) is 0 Å². The second kappa shape index (κ2) is 6.81. The van der Waals surface area contributed by atoms with Crippen molar-refractivity contribution < 1.29 is 9.53 Å². The third-order valence-corrected chi connectivity index (χ3v) is 4.55. The van der Waals surface area contributed by atoms with Gasteiger partial charge in [0.05, 0.1) is 11.1 Å². The normalized spacial score (nSPS) is 17.4. The summed E-state index contributed by atoms with van der Waals surface area (Å²) in [5.41, 5.74) is 2.49. The fourth-order valence-corrected chi connectivity index (χ4v) is 3.26. The molecular formula is C18H17Cl2NO2. The van der Waals surface area contributed by atoms with Crippen molar-refractivity contribution in [1.29, 1.82) is 0 Å². The molecule has 1 aliphatic carbocycles. The highest BCUT2D eigenvalue weighted by Gasteiger charge is 2.26. The maximum Gasteiger partial charge on any atom is 0.261 e. The van der Waals surface area contributed by atoms with Crippen LogP contribution in [-0.4, -0.2) is 12.0 Å². The largest absolute Gasteiger partial charge is 0.479 e. The molecule has 0 radical (unpaired) electrons. The maximum atomic E-state index is 12.4. The molecule has 2 aromatic carbocycles. The monoisotopic (exact) mass is 349 g/mol. The van der Waals surface area contributed by atoms with Gasteiger partial charge in [-0.15, -0.1) is 0 Å². The van der Waals surface area contributed by atoms with E-state index in [1.165, 1.54) is 11.1 Å². The van der Waals surface area contributed by atoms with Crippen LogP contribution in [0.2, 0.25) is 10.0 Å². The van der Waals surface area contributed by atoms with Crippen molar-refractivity contribution in [1.82, 2.24) is 5.32 Å². The highest BCUT2D eigenvalue weighted by molar-refractivity contribution is 6.35. The van der Waals surface area contributed by atoms with E-state index in [2.05, 4.69) is 17.4 Å². The van der Waals surface area contributed by atoms with Crippen molar-refractivity contribution in [2.45, 2.75) is 31.9 Å². The average molecular weight is 350 g/mol. The molecule has 0 bridgehead atoms. The molecule has 0 saturated heterocycles. The minimum absolute atomic E-state index is 0.0467. The van der Waals surface area contributed by atoms with E-state index < -0.39 is 6.10 Å². The summed E-state index contributed by atoms with van der Waals surface area (Å²) in [6.45, 7) is 1.71. The summed E-state index contributed by atoms with van der Waals surface area (Å²) in [5.74, 6) is 0.295. The van der Waals surface area contributed by atoms with Gasteiger partial charge in [0.1, 0.15) is 5.75 Å². The fourth-order valence-electron chi connectivity index (χ4n) is 2.81. The molecule has 2 aromatic rings. The summed E-state index contributed by atoms with van der Waals surface area (Å²) in [6, 6.07) is 13.2. The average Bonchev–Trinajstić information content (AvgIpc) is 2.93. The molecule has 0 aliphatic heterocycles. The molecule has 0 aromatic heterocycles. The lowest BCUT2D eigenvalue weighted by molar-refractivity contribution is -0.128. The molecule has 0 unspecified atom stereocenters. The molecule has 0 fully saturated rings. The first kappa shape index (κ1) is 16.2. The van der Waals surface area contributed by atoms with Crippen LogP contribution in [-0.2, 0) is 11.2 Å². The number of amides is 1. The van der Waals surface area contributed by atoms with Crippen LogP contribution < -0.4 is 10.1 Å². The van der Waals surface area contributed by atoms with Gasteiger partial charge in [0, 0.05) is 5.02 Å². The topological polar surface area (TPSA) is 38.3 Å². The Labute approximate surface area is 145 Å². The second-order valence-corrected chi connectivity index (χ2v) is 6.48. The van der Waals surface area contributed by atoms with Crippen molar-refractivity contribution in [2.75, 3.05) is 0 Å². The Morgan fingerprint density at radius 2 is 2.04 bits per heavy atom. The van der Waals surface area contributed by atoms with Gasteiger partial charge < -0.3 is 10.1 Å². The predicted molar refractivity (Wildman–Crippen MR) is 92.2 cm³/mol. The van der Waals surface area contributed by atoms with Crippen LogP contribution in [0.1, 0.15) is 30.5 Å². The maximum absolute atomic E-state index is 12.4. The van der Waals surface area contributed by atoms with Crippen LogP contribution in [0.15, 0.2) is 42.5 Å². The van der Waals surface area contributed by atoms with Gasteiger partial charge in [-0.2, -0.15) is 0 Å². The van der Waals surface area contributed by atoms with Crippen molar-refractivity contribution in [3.63, 3.8) is 0 Å². The minimum atomic E-state index is -0.638. The van der Waals surface area contributed by atoms with E-state index in [0.717, 1.165) is 12.8 Å². The Bertz CT molecular complexity index is 733. The minimum Gasteiger partial charge on any atom is -0.479 e. The lowest BCUT2D eigenvalue weighted by atomic mass is 10.1. The molecule has 1 amide bonds. The first-order chi connectivity index (χ1) is 11.0. The predicted octanol–water partition coefficient (Wildman–Crippen LogP) is 4.56. The van der Waals surface area contributed by atoms with Gasteiger partial charge in [-0.3, -0.25) is 4.79 Å². The number of hydrogen-bond donors (Lipinski definition) is 1. The zero-order valence-corrected chi connectivity index (χ0v) is 14.2. The first-order valence-electron chi connectivity index (χ1n) is 7.54. The Morgan fingerprint density at radius 1 is 1.26 bits per heavy atom. The summed E-state index contributed by atoms with van der Waals surface area (Å²) in [6.07, 6.45) is 1.26. The van der Waals surface area contributed by atoms with Gasteiger partial charge in [0.2, 0.25) is 0 Å². The molecular weight excluding hydrogens is 333 g/mol. The third-order valence-electron chi connectivity index (χ3n) is 4.02. The number of ether oxygens (including phenoxy) is 1. The van der Waals surface area contributed by atoms with E-state index in [0.29, 0.717) is 15.8 Å². The molecule has 3 nitrogen and oxygen atoms in total. The molecule has 0 heterocycles. The Hall–Kier alpha value is -1.71. The quantitative estimate of drug-likeness (QED) is 0.878. The fraction of sp³-hybridized carbons (Fsp3) is 0.278. The lowest BCUT2D eigenvalue weighted by Gasteiger charge is -2.19. The van der Waals surface area contributed by atoms with E-state index in [9.17, 15) is 4.79 Å². The standard InChI is InChI=1S/C18H17Cl2NO2/c1-11(23-17-9-7-13(19)10-15(17)20)18(22)21-16-8-6-12-4-2-3-5-14(12)16/h2-5,7,9-11,16H,6,8H2,1H3,(H,21,22)/t11-,16-/m0/s1. The molecule has 120 valence electrons. The van der Waals surface area contributed by atoms with Gasteiger partial charge in [0.25, 0.3) is 5.91 Å². The highest BCUT2D eigenvalue weighted by atomic mass is 35.5. The molecule has 1 aliphatic rings. The first-order valence-corrected chi connectivity index (χ1v) is 8.30. The molecule has 0 saturated carbocycles. The second-order valence-electron chi connectivity index (χ2n) is 5.63. The number of nitrogens with one attached hydrogen (secondary N) is 1. The van der Waals surface area contributed by atoms with E-state index in [4.69, 9.17) is 27.9 Å². The Balaban J connectivity index is 1.64. The molecule has 3 rings (SSSR count). The number of hydrogen-bond acceptors (Lipinski definition) is 2. The van der Waals surface area contributed by atoms with Crippen molar-refractivity contribution in [3.05, 3.63) is 63.6 Å². The number of carbonyl (C=O) groups excluding carboxylic acids is 1. The lowest BCUT2D eigenvalue weighted by Crippen LogP contribution is -2.38. The SMILES string of the molecule is C[C@H](Oc1ccc(Cl)cc1Cl)C(=O)N[C@H]1CCc2ccccc21. The van der Waals surface area contributed by atoms with E-state index in [-0.39, 0.29) is 11.9 Å². The van der Waals surface area contributed by atoms with Crippen LogP contribution in [0.3, 0.4) is 0 Å². The summed E-state index contributed by atoms with van der Waals surface area (Å²) in [7, 11) is 0. The number of fused-ring (bicyclic) bond motifs is 1. The van der Waals surface area contributed by atoms with Gasteiger partial charge in [-0.25, -0.2) is 0 Å². The van der Waals surface area contributed by atoms with Crippen LogP contribution >= 0.6 is 23.2 Å². The zero-order valence-electron chi connectivity index (χ0n) is 12.7. The van der Waals surface area contributed by atoms with Gasteiger partial charge in [-0.05, 0) is 49.1 Å². The highest BCUT2D eigenvalue weighted by Crippen LogP contribution is 2.31. The smallest absolute Gasteiger partial charge is 0.261 e. The molecule has 5 heteroatoms. The molecule has 23 heavy (non-hydrogen) atoms. The van der Waals surface area contributed by atoms with E-state index in [1.807, 2.05) is 12.1 Å². The Morgan fingerprint density at radius 3 is 2.83 bits per heavy atom. The van der Waals surface area contributed by atoms with Gasteiger partial charge in [0.15, 0.2) is 6.10 Å². The van der Waals surface area contributed by atoms with E-state index in [1.54, 1.807) is 25.1 Å². The molecule has 1 N–H and O–H groups in total. The molecule has 0 spiro atoms. The summed E-state index contributed by atoms with van der Waals surface area (Å²) >= 11 is 11.9. The van der Waals surface area contributed by atoms with Gasteiger partial charge in [-0.1, -0.05) is 47.5 Å². The van der Waals surface area contributed by atoms with Crippen LogP contribution in [0.25, 0.3) is 0 Å². The van der Waals surface area contributed by atoms with Crippen LogP contribution in [0.5, 0.6) is 5.75 Å². The van der Waals surface area contributed by atoms with Crippen molar-refractivity contribution in [2.24, 2.45) is 0 Å². The molecule has 2 atom stereocenters. The number of halogens is 2. The summed E-state index contributed by atoms with van der Waals surface area (Å²) in [5, 5.41) is 3.97.